The minimum atomic E-state index is -0.981. The lowest BCUT2D eigenvalue weighted by atomic mass is 10.2. The van der Waals surface area contributed by atoms with Gasteiger partial charge in [-0.15, -0.1) is 0 Å². The lowest BCUT2D eigenvalue weighted by Crippen LogP contribution is -2.13. The number of hydrogen-bond acceptors (Lipinski definition) is 5. The predicted octanol–water partition coefficient (Wildman–Crippen LogP) is 1.33. The molecule has 0 bridgehead atoms. The van der Waals surface area contributed by atoms with E-state index < -0.39 is 16.8 Å². The van der Waals surface area contributed by atoms with E-state index in [1.807, 2.05) is 6.92 Å². The second-order valence-electron chi connectivity index (χ2n) is 3.14. The van der Waals surface area contributed by atoms with Crippen LogP contribution in [0.5, 0.6) is 0 Å². The van der Waals surface area contributed by atoms with E-state index in [0.717, 1.165) is 11.5 Å². The molecule has 0 aliphatic carbocycles. The van der Waals surface area contributed by atoms with Crippen molar-refractivity contribution in [3.05, 3.63) is 11.3 Å². The summed E-state index contributed by atoms with van der Waals surface area (Å²) in [6.07, 6.45) is 0. The Morgan fingerprint density at radius 1 is 1.62 bits per heavy atom. The van der Waals surface area contributed by atoms with E-state index >= 15 is 0 Å². The van der Waals surface area contributed by atoms with Crippen LogP contribution in [0.2, 0.25) is 0 Å². The first kappa shape index (κ1) is 13.1. The van der Waals surface area contributed by atoms with Gasteiger partial charge in [-0.25, -0.2) is 4.79 Å². The van der Waals surface area contributed by atoms with Crippen LogP contribution in [0.25, 0.3) is 0 Å². The number of aromatic carboxylic acids is 1. The van der Waals surface area contributed by atoms with Crippen molar-refractivity contribution in [2.75, 3.05) is 23.4 Å². The van der Waals surface area contributed by atoms with Gasteiger partial charge in [0.2, 0.25) is 0 Å². The van der Waals surface area contributed by atoms with Crippen LogP contribution in [0.3, 0.4) is 0 Å². The number of carbonyl (C=O) groups is 1. The standard InChI is InChI=1S/C9H14N2O3S2/c1-3-16(14)5-4-10-8-7(9(12)13)6(2)11-15-8/h10H,3-5H2,1-2H3,(H,12,13). The molecule has 0 spiro atoms. The Balaban J connectivity index is 2.61. The number of rotatable bonds is 6. The van der Waals surface area contributed by atoms with Crippen molar-refractivity contribution in [1.29, 1.82) is 0 Å². The lowest BCUT2D eigenvalue weighted by molar-refractivity contribution is 0.0697. The zero-order valence-corrected chi connectivity index (χ0v) is 10.8. The maximum Gasteiger partial charge on any atom is 0.340 e. The molecule has 2 N–H and O–H groups in total. The summed E-state index contributed by atoms with van der Waals surface area (Å²) in [5.41, 5.74) is 0.726. The fourth-order valence-electron chi connectivity index (χ4n) is 1.16. The summed E-state index contributed by atoms with van der Waals surface area (Å²) >= 11 is 1.12. The highest BCUT2D eigenvalue weighted by atomic mass is 32.2. The fourth-order valence-corrected chi connectivity index (χ4v) is 2.60. The lowest BCUT2D eigenvalue weighted by Gasteiger charge is -2.03. The molecule has 0 saturated carbocycles. The molecule has 0 radical (unpaired) electrons. The first-order chi connectivity index (χ1) is 7.56. The summed E-state index contributed by atoms with van der Waals surface area (Å²) in [7, 11) is -0.837. The zero-order valence-electron chi connectivity index (χ0n) is 9.15. The Hall–Kier alpha value is -0.950. The molecule has 0 aromatic carbocycles. The Morgan fingerprint density at radius 2 is 2.31 bits per heavy atom. The number of aromatic nitrogens is 1. The van der Waals surface area contributed by atoms with Gasteiger partial charge in [0, 0.05) is 28.9 Å². The molecule has 0 aliphatic rings. The molecule has 0 amide bonds. The molecule has 0 aliphatic heterocycles. The van der Waals surface area contributed by atoms with Crippen LogP contribution in [0.1, 0.15) is 23.0 Å². The van der Waals surface area contributed by atoms with Gasteiger partial charge in [-0.05, 0) is 18.5 Å². The van der Waals surface area contributed by atoms with Crippen LogP contribution in [-0.2, 0) is 10.8 Å². The molecule has 7 heteroatoms. The molecule has 1 aromatic rings. The van der Waals surface area contributed by atoms with E-state index in [-0.39, 0.29) is 5.56 Å². The number of nitrogens with one attached hydrogen (secondary N) is 1. The Labute approximate surface area is 101 Å². The van der Waals surface area contributed by atoms with Gasteiger partial charge in [0.15, 0.2) is 0 Å². The average Bonchev–Trinajstić information content (AvgIpc) is 2.59. The number of anilines is 1. The van der Waals surface area contributed by atoms with Crippen LogP contribution >= 0.6 is 11.5 Å². The normalized spacial score (nSPS) is 12.4. The van der Waals surface area contributed by atoms with Gasteiger partial charge in [0.25, 0.3) is 0 Å². The minimum Gasteiger partial charge on any atom is -0.478 e. The molecule has 16 heavy (non-hydrogen) atoms. The van der Waals surface area contributed by atoms with E-state index in [9.17, 15) is 9.00 Å². The average molecular weight is 262 g/mol. The first-order valence-electron chi connectivity index (χ1n) is 4.84. The van der Waals surface area contributed by atoms with Crippen molar-refractivity contribution in [3.63, 3.8) is 0 Å². The number of carboxylic acids is 1. The van der Waals surface area contributed by atoms with E-state index in [1.165, 1.54) is 0 Å². The van der Waals surface area contributed by atoms with Gasteiger partial charge in [0.1, 0.15) is 10.6 Å². The highest BCUT2D eigenvalue weighted by molar-refractivity contribution is 7.84. The van der Waals surface area contributed by atoms with Crippen molar-refractivity contribution in [2.24, 2.45) is 0 Å². The maximum atomic E-state index is 11.2. The van der Waals surface area contributed by atoms with E-state index in [4.69, 9.17) is 5.11 Å². The van der Waals surface area contributed by atoms with Crippen molar-refractivity contribution >= 4 is 33.3 Å². The molecule has 90 valence electrons. The highest BCUT2D eigenvalue weighted by Crippen LogP contribution is 2.23. The van der Waals surface area contributed by atoms with E-state index in [2.05, 4.69) is 9.69 Å². The SMILES string of the molecule is CCS(=O)CCNc1snc(C)c1C(=O)O. The minimum absolute atomic E-state index is 0.215. The van der Waals surface area contributed by atoms with Crippen LogP contribution in [0.4, 0.5) is 5.00 Å². The monoisotopic (exact) mass is 262 g/mol. The number of aryl methyl sites for hydroxylation is 1. The van der Waals surface area contributed by atoms with Crippen molar-refractivity contribution in [1.82, 2.24) is 4.37 Å². The smallest absolute Gasteiger partial charge is 0.340 e. The summed E-state index contributed by atoms with van der Waals surface area (Å²) in [6, 6.07) is 0. The third-order valence-corrected chi connectivity index (χ3v) is 4.21. The molecular formula is C9H14N2O3S2. The molecule has 1 heterocycles. The quantitative estimate of drug-likeness (QED) is 0.808. The first-order valence-corrected chi connectivity index (χ1v) is 7.10. The number of carboxylic acid groups (broad SMARTS) is 1. The number of nitrogens with zero attached hydrogens (tertiary/aromatic N) is 1. The molecule has 5 nitrogen and oxygen atoms in total. The fraction of sp³-hybridized carbons (Fsp3) is 0.556. The highest BCUT2D eigenvalue weighted by Gasteiger charge is 2.16. The van der Waals surface area contributed by atoms with Crippen LogP contribution in [-0.4, -0.2) is 37.7 Å². The maximum absolute atomic E-state index is 11.2. The third-order valence-electron chi connectivity index (χ3n) is 2.01. The molecule has 1 unspecified atom stereocenters. The van der Waals surface area contributed by atoms with Crippen molar-refractivity contribution in [2.45, 2.75) is 13.8 Å². The summed E-state index contributed by atoms with van der Waals surface area (Å²) in [5.74, 6) is 0.159. The largest absolute Gasteiger partial charge is 0.478 e. The van der Waals surface area contributed by atoms with Crippen molar-refractivity contribution in [3.8, 4) is 0 Å². The predicted molar refractivity (Wildman–Crippen MR) is 65.9 cm³/mol. The molecule has 1 atom stereocenters. The summed E-state index contributed by atoms with van der Waals surface area (Å²) in [6.45, 7) is 4.02. The van der Waals surface area contributed by atoms with E-state index in [1.54, 1.807) is 6.92 Å². The summed E-state index contributed by atoms with van der Waals surface area (Å²) in [4.78, 5) is 10.9. The van der Waals surface area contributed by atoms with Gasteiger partial charge >= 0.3 is 5.97 Å². The van der Waals surface area contributed by atoms with Gasteiger partial charge in [-0.3, -0.25) is 4.21 Å². The van der Waals surface area contributed by atoms with Crippen molar-refractivity contribution < 1.29 is 14.1 Å². The molecule has 0 fully saturated rings. The molecule has 1 rings (SSSR count). The third kappa shape index (κ3) is 3.28. The van der Waals surface area contributed by atoms with Crippen LogP contribution in [0.15, 0.2) is 0 Å². The summed E-state index contributed by atoms with van der Waals surface area (Å²) < 4.78 is 15.1. The Kier molecular flexibility index (Phi) is 4.88. The van der Waals surface area contributed by atoms with Crippen LogP contribution < -0.4 is 5.32 Å². The zero-order chi connectivity index (χ0) is 12.1. The van der Waals surface area contributed by atoms with Gasteiger partial charge in [0.05, 0.1) is 5.69 Å². The Bertz CT molecular complexity index is 403. The molecule has 0 saturated heterocycles. The Morgan fingerprint density at radius 3 is 2.88 bits per heavy atom. The van der Waals surface area contributed by atoms with Gasteiger partial charge in [-0.1, -0.05) is 6.92 Å². The topological polar surface area (TPSA) is 79.3 Å². The van der Waals surface area contributed by atoms with Crippen LogP contribution in [0, 0.1) is 6.92 Å². The van der Waals surface area contributed by atoms with Gasteiger partial charge in [-0.2, -0.15) is 4.37 Å². The second kappa shape index (κ2) is 5.95. The molecular weight excluding hydrogens is 248 g/mol. The van der Waals surface area contributed by atoms with E-state index in [0.29, 0.717) is 28.7 Å². The molecule has 1 aromatic heterocycles. The summed E-state index contributed by atoms with van der Waals surface area (Å²) in [5, 5.41) is 12.5. The van der Waals surface area contributed by atoms with Gasteiger partial charge < -0.3 is 10.4 Å². The second-order valence-corrected chi connectivity index (χ2v) is 5.78. The number of hydrogen-bond donors (Lipinski definition) is 2.